The predicted octanol–water partition coefficient (Wildman–Crippen LogP) is 3.51. The van der Waals surface area contributed by atoms with Crippen LogP contribution in [0.2, 0.25) is 0 Å². The first-order valence-corrected chi connectivity index (χ1v) is 7.24. The summed E-state index contributed by atoms with van der Waals surface area (Å²) in [6.45, 7) is 5.10. The van der Waals surface area contributed by atoms with Gasteiger partial charge in [-0.2, -0.15) is 0 Å². The van der Waals surface area contributed by atoms with Gasteiger partial charge in [0.05, 0.1) is 6.61 Å². The van der Waals surface area contributed by atoms with Crippen molar-refractivity contribution in [3.63, 3.8) is 0 Å². The molecule has 0 atom stereocenters. The van der Waals surface area contributed by atoms with E-state index in [1.807, 2.05) is 0 Å². The monoisotopic (exact) mass is 227 g/mol. The summed E-state index contributed by atoms with van der Waals surface area (Å²) in [5, 5.41) is 3.63. The molecule has 0 aromatic carbocycles. The average Bonchev–Trinajstić information content (AvgIpc) is 2.56. The molecular formula is C14H29NO. The van der Waals surface area contributed by atoms with Crippen molar-refractivity contribution in [1.82, 2.24) is 5.32 Å². The lowest BCUT2D eigenvalue weighted by Crippen LogP contribution is -2.31. The summed E-state index contributed by atoms with van der Waals surface area (Å²) in [5.41, 5.74) is 0. The first kappa shape index (κ1) is 14.0. The molecule has 1 fully saturated rings. The lowest BCUT2D eigenvalue weighted by molar-refractivity contribution is 0.129. The van der Waals surface area contributed by atoms with E-state index in [-0.39, 0.29) is 0 Å². The van der Waals surface area contributed by atoms with E-state index in [0.29, 0.717) is 0 Å². The molecule has 0 heterocycles. The van der Waals surface area contributed by atoms with Gasteiger partial charge in [0, 0.05) is 19.2 Å². The van der Waals surface area contributed by atoms with Gasteiger partial charge >= 0.3 is 0 Å². The molecule has 2 nitrogen and oxygen atoms in total. The molecule has 0 bridgehead atoms. The van der Waals surface area contributed by atoms with Crippen LogP contribution < -0.4 is 5.32 Å². The first-order valence-electron chi connectivity index (χ1n) is 7.24. The van der Waals surface area contributed by atoms with Gasteiger partial charge in [-0.3, -0.25) is 0 Å². The van der Waals surface area contributed by atoms with E-state index in [0.717, 1.165) is 25.8 Å². The zero-order chi connectivity index (χ0) is 11.5. The number of hydrogen-bond acceptors (Lipinski definition) is 2. The fraction of sp³-hybridized carbons (Fsp3) is 1.00. The molecule has 0 amide bonds. The Bertz CT molecular complexity index is 142. The van der Waals surface area contributed by atoms with Gasteiger partial charge in [0.2, 0.25) is 0 Å². The Morgan fingerprint density at radius 1 is 1.00 bits per heavy atom. The number of nitrogens with one attached hydrogen (secondary N) is 1. The highest BCUT2D eigenvalue weighted by molar-refractivity contribution is 4.70. The lowest BCUT2D eigenvalue weighted by Gasteiger charge is -2.15. The zero-order valence-corrected chi connectivity index (χ0v) is 11.0. The van der Waals surface area contributed by atoms with Crippen molar-refractivity contribution in [1.29, 1.82) is 0 Å². The topological polar surface area (TPSA) is 21.3 Å². The summed E-state index contributed by atoms with van der Waals surface area (Å²) in [6.07, 6.45) is 12.2. The highest BCUT2D eigenvalue weighted by Gasteiger charge is 2.10. The minimum Gasteiger partial charge on any atom is -0.380 e. The normalized spacial score (nSPS) is 18.6. The van der Waals surface area contributed by atoms with E-state index in [9.17, 15) is 0 Å². The second-order valence-corrected chi connectivity index (χ2v) is 4.96. The number of unbranched alkanes of at least 4 members (excludes halogenated alkanes) is 2. The van der Waals surface area contributed by atoms with Crippen LogP contribution in [0.1, 0.15) is 64.7 Å². The molecule has 0 aliphatic heterocycles. The minimum atomic E-state index is 0.766. The molecule has 0 radical (unpaired) electrons. The summed E-state index contributed by atoms with van der Waals surface area (Å²) in [6, 6.07) is 0.766. The maximum atomic E-state index is 5.60. The van der Waals surface area contributed by atoms with Gasteiger partial charge in [-0.15, -0.1) is 0 Å². The van der Waals surface area contributed by atoms with E-state index >= 15 is 0 Å². The third-order valence-corrected chi connectivity index (χ3v) is 3.43. The molecule has 16 heavy (non-hydrogen) atoms. The van der Waals surface area contributed by atoms with Crippen LogP contribution in [0.15, 0.2) is 0 Å². The quantitative estimate of drug-likeness (QED) is 0.506. The molecule has 96 valence electrons. The highest BCUT2D eigenvalue weighted by Crippen LogP contribution is 2.16. The molecule has 0 spiro atoms. The summed E-state index contributed by atoms with van der Waals surface area (Å²) in [4.78, 5) is 0. The van der Waals surface area contributed by atoms with E-state index in [4.69, 9.17) is 4.74 Å². The lowest BCUT2D eigenvalue weighted by atomic mass is 10.1. The number of ether oxygens (including phenoxy) is 1. The van der Waals surface area contributed by atoms with Gasteiger partial charge in [0.25, 0.3) is 0 Å². The van der Waals surface area contributed by atoms with Crippen LogP contribution in [-0.4, -0.2) is 25.8 Å². The van der Waals surface area contributed by atoms with Crippen molar-refractivity contribution < 1.29 is 4.74 Å². The number of rotatable bonds is 8. The fourth-order valence-corrected chi connectivity index (χ4v) is 2.37. The SMILES string of the molecule is CCCCCOCCNC1CCCCCC1. The largest absolute Gasteiger partial charge is 0.380 e. The molecule has 0 unspecified atom stereocenters. The molecule has 1 N–H and O–H groups in total. The maximum absolute atomic E-state index is 5.60. The van der Waals surface area contributed by atoms with Gasteiger partial charge in [0.1, 0.15) is 0 Å². The molecular weight excluding hydrogens is 198 g/mol. The fourth-order valence-electron chi connectivity index (χ4n) is 2.37. The predicted molar refractivity (Wildman–Crippen MR) is 69.8 cm³/mol. The zero-order valence-electron chi connectivity index (χ0n) is 11.0. The Kier molecular flexibility index (Phi) is 8.83. The smallest absolute Gasteiger partial charge is 0.0590 e. The Labute approximate surface area is 101 Å². The van der Waals surface area contributed by atoms with E-state index in [2.05, 4.69) is 12.2 Å². The van der Waals surface area contributed by atoms with Gasteiger partial charge < -0.3 is 10.1 Å². The second-order valence-electron chi connectivity index (χ2n) is 4.96. The van der Waals surface area contributed by atoms with Crippen LogP contribution in [0.3, 0.4) is 0 Å². The Morgan fingerprint density at radius 3 is 2.44 bits per heavy atom. The Hall–Kier alpha value is -0.0800. The summed E-state index contributed by atoms with van der Waals surface area (Å²) in [7, 11) is 0. The van der Waals surface area contributed by atoms with Crippen LogP contribution in [0.5, 0.6) is 0 Å². The molecule has 1 rings (SSSR count). The van der Waals surface area contributed by atoms with Crippen molar-refractivity contribution in [2.75, 3.05) is 19.8 Å². The van der Waals surface area contributed by atoms with Crippen molar-refractivity contribution in [2.24, 2.45) is 0 Å². The molecule has 1 aliphatic carbocycles. The average molecular weight is 227 g/mol. The molecule has 2 heteroatoms. The van der Waals surface area contributed by atoms with Crippen molar-refractivity contribution in [3.05, 3.63) is 0 Å². The second kappa shape index (κ2) is 10.1. The molecule has 1 saturated carbocycles. The van der Waals surface area contributed by atoms with Crippen LogP contribution in [0.4, 0.5) is 0 Å². The molecule has 0 aromatic heterocycles. The summed E-state index contributed by atoms with van der Waals surface area (Å²) < 4.78 is 5.60. The van der Waals surface area contributed by atoms with Crippen LogP contribution in [-0.2, 0) is 4.74 Å². The van der Waals surface area contributed by atoms with Crippen molar-refractivity contribution >= 4 is 0 Å². The summed E-state index contributed by atoms with van der Waals surface area (Å²) >= 11 is 0. The number of hydrogen-bond donors (Lipinski definition) is 1. The highest BCUT2D eigenvalue weighted by atomic mass is 16.5. The van der Waals surface area contributed by atoms with Crippen LogP contribution >= 0.6 is 0 Å². The van der Waals surface area contributed by atoms with Crippen molar-refractivity contribution in [2.45, 2.75) is 70.8 Å². The third-order valence-electron chi connectivity index (χ3n) is 3.43. The van der Waals surface area contributed by atoms with Crippen molar-refractivity contribution in [3.8, 4) is 0 Å². The van der Waals surface area contributed by atoms with Gasteiger partial charge in [-0.25, -0.2) is 0 Å². The maximum Gasteiger partial charge on any atom is 0.0590 e. The van der Waals surface area contributed by atoms with Gasteiger partial charge in [0.15, 0.2) is 0 Å². The van der Waals surface area contributed by atoms with Crippen LogP contribution in [0.25, 0.3) is 0 Å². The van der Waals surface area contributed by atoms with E-state index < -0.39 is 0 Å². The molecule has 0 aromatic rings. The van der Waals surface area contributed by atoms with E-state index in [1.54, 1.807) is 0 Å². The molecule has 0 saturated heterocycles. The van der Waals surface area contributed by atoms with Crippen LogP contribution in [0, 0.1) is 0 Å². The minimum absolute atomic E-state index is 0.766. The Morgan fingerprint density at radius 2 is 1.75 bits per heavy atom. The summed E-state index contributed by atoms with van der Waals surface area (Å²) in [5.74, 6) is 0. The van der Waals surface area contributed by atoms with E-state index in [1.165, 1.54) is 57.8 Å². The van der Waals surface area contributed by atoms with Gasteiger partial charge in [-0.1, -0.05) is 45.4 Å². The standard InChI is InChI=1S/C14H29NO/c1-2-3-8-12-16-13-11-15-14-9-6-4-5-7-10-14/h14-15H,2-13H2,1H3. The molecule has 1 aliphatic rings. The Balaban J connectivity index is 1.86. The third kappa shape index (κ3) is 7.24. The van der Waals surface area contributed by atoms with Gasteiger partial charge in [-0.05, 0) is 19.3 Å². The first-order chi connectivity index (χ1) is 7.93.